The molecule has 1 aromatic rings. The van der Waals surface area contributed by atoms with Gasteiger partial charge in [-0.15, -0.1) is 0 Å². The maximum Gasteiger partial charge on any atom is 0.125 e. The first-order valence-corrected chi connectivity index (χ1v) is 6.31. The van der Waals surface area contributed by atoms with E-state index in [-0.39, 0.29) is 6.04 Å². The first kappa shape index (κ1) is 12.2. The van der Waals surface area contributed by atoms with E-state index >= 15 is 0 Å². The van der Waals surface area contributed by atoms with E-state index in [2.05, 4.69) is 17.9 Å². The van der Waals surface area contributed by atoms with Crippen LogP contribution in [-0.2, 0) is 0 Å². The molecule has 17 heavy (non-hydrogen) atoms. The summed E-state index contributed by atoms with van der Waals surface area (Å²) in [7, 11) is 1.71. The first-order valence-electron chi connectivity index (χ1n) is 6.31. The van der Waals surface area contributed by atoms with Gasteiger partial charge in [0.05, 0.1) is 7.11 Å². The smallest absolute Gasteiger partial charge is 0.125 e. The van der Waals surface area contributed by atoms with E-state index in [1.165, 1.54) is 12.1 Å². The van der Waals surface area contributed by atoms with E-state index in [0.29, 0.717) is 0 Å². The topological polar surface area (TPSA) is 38.5 Å². The molecule has 0 amide bonds. The number of benzene rings is 1. The minimum atomic E-state index is -0.00273. The number of nitrogens with zero attached hydrogens (tertiary/aromatic N) is 1. The molecule has 0 aromatic heterocycles. The molecule has 0 bridgehead atoms. The largest absolute Gasteiger partial charge is 0.496 e. The van der Waals surface area contributed by atoms with Crippen LogP contribution < -0.4 is 15.4 Å². The average molecular weight is 234 g/mol. The highest BCUT2D eigenvalue weighted by Gasteiger charge is 2.23. The van der Waals surface area contributed by atoms with Crippen molar-refractivity contribution in [2.24, 2.45) is 11.7 Å². The van der Waals surface area contributed by atoms with Gasteiger partial charge in [-0.2, -0.15) is 0 Å². The number of nitrogens with two attached hydrogens (primary N) is 1. The average Bonchev–Trinajstić information content (AvgIpc) is 2.74. The van der Waals surface area contributed by atoms with Crippen LogP contribution in [0.5, 0.6) is 5.75 Å². The summed E-state index contributed by atoms with van der Waals surface area (Å²) in [4.78, 5) is 2.42. The summed E-state index contributed by atoms with van der Waals surface area (Å²) in [5.74, 6) is 1.67. The Morgan fingerprint density at radius 1 is 1.47 bits per heavy atom. The van der Waals surface area contributed by atoms with E-state index in [4.69, 9.17) is 10.5 Å². The van der Waals surface area contributed by atoms with Crippen LogP contribution >= 0.6 is 0 Å². The Morgan fingerprint density at radius 2 is 2.24 bits per heavy atom. The molecule has 1 saturated heterocycles. The monoisotopic (exact) mass is 234 g/mol. The molecular formula is C14H22N2O. The van der Waals surface area contributed by atoms with Crippen LogP contribution in [0.1, 0.15) is 31.9 Å². The van der Waals surface area contributed by atoms with Crippen LogP contribution in [0.3, 0.4) is 0 Å². The van der Waals surface area contributed by atoms with Gasteiger partial charge in [0.15, 0.2) is 0 Å². The molecule has 1 heterocycles. The summed E-state index contributed by atoms with van der Waals surface area (Å²) >= 11 is 0. The van der Waals surface area contributed by atoms with Crippen LogP contribution in [0.25, 0.3) is 0 Å². The highest BCUT2D eigenvalue weighted by Crippen LogP contribution is 2.35. The summed E-state index contributed by atoms with van der Waals surface area (Å²) in [6, 6.07) is 6.18. The van der Waals surface area contributed by atoms with Crippen molar-refractivity contribution in [3.8, 4) is 5.75 Å². The van der Waals surface area contributed by atoms with Gasteiger partial charge in [-0.25, -0.2) is 0 Å². The van der Waals surface area contributed by atoms with Gasteiger partial charge in [-0.1, -0.05) is 13.0 Å². The minimum Gasteiger partial charge on any atom is -0.496 e. The third kappa shape index (κ3) is 2.39. The molecule has 2 N–H and O–H groups in total. The van der Waals surface area contributed by atoms with Crippen molar-refractivity contribution >= 4 is 5.69 Å². The van der Waals surface area contributed by atoms with E-state index in [9.17, 15) is 0 Å². The van der Waals surface area contributed by atoms with Gasteiger partial charge in [0.25, 0.3) is 0 Å². The first-order chi connectivity index (χ1) is 8.13. The molecule has 1 aliphatic heterocycles. The predicted molar refractivity (Wildman–Crippen MR) is 71.6 cm³/mol. The second kappa shape index (κ2) is 4.96. The lowest BCUT2D eigenvalue weighted by Gasteiger charge is -2.25. The van der Waals surface area contributed by atoms with Crippen LogP contribution in [-0.4, -0.2) is 20.2 Å². The predicted octanol–water partition coefficient (Wildman–Crippen LogP) is 2.56. The van der Waals surface area contributed by atoms with Crippen LogP contribution in [0.2, 0.25) is 0 Å². The van der Waals surface area contributed by atoms with Gasteiger partial charge >= 0.3 is 0 Å². The zero-order chi connectivity index (χ0) is 12.4. The highest BCUT2D eigenvalue weighted by molar-refractivity contribution is 5.61. The number of anilines is 1. The summed E-state index contributed by atoms with van der Waals surface area (Å²) < 4.78 is 5.43. The van der Waals surface area contributed by atoms with Gasteiger partial charge < -0.3 is 15.4 Å². The van der Waals surface area contributed by atoms with E-state index in [1.54, 1.807) is 7.11 Å². The molecule has 0 spiro atoms. The fourth-order valence-electron chi connectivity index (χ4n) is 2.60. The van der Waals surface area contributed by atoms with Crippen LogP contribution in [0, 0.1) is 5.92 Å². The third-order valence-electron chi connectivity index (χ3n) is 3.48. The van der Waals surface area contributed by atoms with E-state index in [1.807, 2.05) is 19.1 Å². The fraction of sp³-hybridized carbons (Fsp3) is 0.571. The molecule has 1 fully saturated rings. The number of hydrogen-bond donors (Lipinski definition) is 1. The lowest BCUT2D eigenvalue weighted by atomic mass is 10.0. The minimum absolute atomic E-state index is 0.00273. The van der Waals surface area contributed by atoms with Crippen LogP contribution in [0.15, 0.2) is 18.2 Å². The summed E-state index contributed by atoms with van der Waals surface area (Å²) in [5, 5.41) is 0. The maximum absolute atomic E-state index is 6.09. The number of ether oxygens (including phenoxy) is 1. The lowest BCUT2D eigenvalue weighted by molar-refractivity contribution is 0.407. The molecule has 94 valence electrons. The second-order valence-electron chi connectivity index (χ2n) is 5.02. The van der Waals surface area contributed by atoms with Gasteiger partial charge in [0.1, 0.15) is 5.75 Å². The number of methoxy groups -OCH3 is 1. The normalized spacial score (nSPS) is 21.6. The maximum atomic E-state index is 6.09. The molecule has 0 aliphatic carbocycles. The lowest BCUT2D eigenvalue weighted by Crippen LogP contribution is -2.22. The zero-order valence-corrected chi connectivity index (χ0v) is 10.9. The molecule has 3 heteroatoms. The Kier molecular flexibility index (Phi) is 3.57. The Morgan fingerprint density at radius 3 is 2.76 bits per heavy atom. The fourth-order valence-corrected chi connectivity index (χ4v) is 2.60. The molecule has 1 unspecified atom stereocenters. The van der Waals surface area contributed by atoms with Crippen molar-refractivity contribution in [3.63, 3.8) is 0 Å². The van der Waals surface area contributed by atoms with Crippen molar-refractivity contribution in [1.82, 2.24) is 0 Å². The van der Waals surface area contributed by atoms with Crippen molar-refractivity contribution in [2.45, 2.75) is 26.3 Å². The SMILES string of the molecule is COc1cccc(N2CCC(C)C2)c1[C@H](C)N. The number of hydrogen-bond acceptors (Lipinski definition) is 3. The second-order valence-corrected chi connectivity index (χ2v) is 5.02. The summed E-state index contributed by atoms with van der Waals surface area (Å²) in [5.41, 5.74) is 8.45. The molecular weight excluding hydrogens is 212 g/mol. The van der Waals surface area contributed by atoms with Gasteiger partial charge in [-0.3, -0.25) is 0 Å². The van der Waals surface area contributed by atoms with E-state index in [0.717, 1.165) is 30.3 Å². The summed E-state index contributed by atoms with van der Waals surface area (Å²) in [6.07, 6.45) is 1.26. The molecule has 1 aliphatic rings. The molecule has 2 atom stereocenters. The Hall–Kier alpha value is -1.22. The van der Waals surface area contributed by atoms with Crippen molar-refractivity contribution in [2.75, 3.05) is 25.1 Å². The van der Waals surface area contributed by atoms with Crippen molar-refractivity contribution < 1.29 is 4.74 Å². The Balaban J connectivity index is 2.39. The third-order valence-corrected chi connectivity index (χ3v) is 3.48. The molecule has 2 rings (SSSR count). The molecule has 0 saturated carbocycles. The zero-order valence-electron chi connectivity index (χ0n) is 10.9. The molecule has 0 radical (unpaired) electrons. The Labute approximate surface area is 104 Å². The van der Waals surface area contributed by atoms with Crippen LogP contribution in [0.4, 0.5) is 5.69 Å². The Bertz CT molecular complexity index is 390. The summed E-state index contributed by atoms with van der Waals surface area (Å²) in [6.45, 7) is 6.55. The van der Waals surface area contributed by atoms with Gasteiger partial charge in [0.2, 0.25) is 0 Å². The quantitative estimate of drug-likeness (QED) is 0.873. The van der Waals surface area contributed by atoms with Gasteiger partial charge in [-0.05, 0) is 31.4 Å². The number of rotatable bonds is 3. The molecule has 1 aromatic carbocycles. The van der Waals surface area contributed by atoms with E-state index < -0.39 is 0 Å². The standard InChI is InChI=1S/C14H22N2O/c1-10-7-8-16(9-10)12-5-4-6-13(17-3)14(12)11(2)15/h4-6,10-11H,7-9,15H2,1-3H3/t10?,11-/m0/s1. The van der Waals surface area contributed by atoms with Crippen molar-refractivity contribution in [1.29, 1.82) is 0 Å². The van der Waals surface area contributed by atoms with Gasteiger partial charge in [0, 0.05) is 30.4 Å². The van der Waals surface area contributed by atoms with Crippen molar-refractivity contribution in [3.05, 3.63) is 23.8 Å². The molecule has 3 nitrogen and oxygen atoms in total. The highest BCUT2D eigenvalue weighted by atomic mass is 16.5.